The lowest BCUT2D eigenvalue weighted by atomic mass is 10.2. The fourth-order valence-corrected chi connectivity index (χ4v) is 3.12. The quantitative estimate of drug-likeness (QED) is 0.502. The Morgan fingerprint density at radius 1 is 1.35 bits per heavy atom. The van der Waals surface area contributed by atoms with Crippen molar-refractivity contribution in [1.82, 2.24) is 9.55 Å². The van der Waals surface area contributed by atoms with E-state index in [-0.39, 0.29) is 11.7 Å². The molecule has 0 spiro atoms. The summed E-state index contributed by atoms with van der Waals surface area (Å²) in [5.74, 6) is 0.0152. The van der Waals surface area contributed by atoms with E-state index < -0.39 is 0 Å². The maximum atomic E-state index is 11.5. The smallest absolute Gasteiger partial charge is 0.316 e. The van der Waals surface area contributed by atoms with Gasteiger partial charge in [0.2, 0.25) is 0 Å². The van der Waals surface area contributed by atoms with Gasteiger partial charge in [-0.25, -0.2) is 4.98 Å². The van der Waals surface area contributed by atoms with Crippen LogP contribution >= 0.6 is 27.7 Å². The van der Waals surface area contributed by atoms with Gasteiger partial charge in [-0.1, -0.05) is 39.8 Å². The second-order valence-electron chi connectivity index (χ2n) is 4.67. The number of carbonyl (C=O) groups excluding carboxylic acids is 1. The van der Waals surface area contributed by atoms with Crippen molar-refractivity contribution in [3.63, 3.8) is 0 Å². The van der Waals surface area contributed by atoms with Crippen LogP contribution in [-0.2, 0) is 20.8 Å². The second-order valence-corrected chi connectivity index (χ2v) is 6.53. The largest absolute Gasteiger partial charge is 0.465 e. The average Bonchev–Trinajstić information content (AvgIpc) is 2.95. The number of aromatic nitrogens is 2. The molecule has 1 heterocycles. The highest BCUT2D eigenvalue weighted by Crippen LogP contribution is 2.27. The number of methoxy groups -OCH3 is 1. The molecule has 0 saturated heterocycles. The molecule has 5 nitrogen and oxygen atoms in total. The first-order chi connectivity index (χ1) is 11.2. The summed E-state index contributed by atoms with van der Waals surface area (Å²) in [7, 11) is 1.67. The molecule has 0 fully saturated rings. The predicted molar refractivity (Wildman–Crippen MR) is 94.6 cm³/mol. The Morgan fingerprint density at radius 3 is 2.74 bits per heavy atom. The average molecular weight is 399 g/mol. The van der Waals surface area contributed by atoms with Crippen molar-refractivity contribution in [3.05, 3.63) is 34.9 Å². The number of hydrogen-bond donors (Lipinski definition) is 0. The minimum atomic E-state index is -0.232. The van der Waals surface area contributed by atoms with E-state index in [2.05, 4.69) is 25.5 Å². The van der Waals surface area contributed by atoms with Crippen LogP contribution < -0.4 is 0 Å². The highest BCUT2D eigenvalue weighted by Gasteiger charge is 2.14. The number of hydrogen-bond acceptors (Lipinski definition) is 5. The third-order valence-corrected chi connectivity index (χ3v) is 4.60. The zero-order chi connectivity index (χ0) is 16.7. The van der Waals surface area contributed by atoms with E-state index in [1.165, 1.54) is 11.8 Å². The number of halogens is 1. The van der Waals surface area contributed by atoms with Crippen molar-refractivity contribution in [2.45, 2.75) is 18.6 Å². The summed E-state index contributed by atoms with van der Waals surface area (Å²) in [6.45, 7) is 3.44. The number of thioether (sulfide) groups is 1. The van der Waals surface area contributed by atoms with Crippen LogP contribution in [0.4, 0.5) is 0 Å². The van der Waals surface area contributed by atoms with Crippen molar-refractivity contribution >= 4 is 33.7 Å². The lowest BCUT2D eigenvalue weighted by molar-refractivity contribution is -0.139. The summed E-state index contributed by atoms with van der Waals surface area (Å²) < 4.78 is 13.2. The van der Waals surface area contributed by atoms with Crippen LogP contribution in [0.3, 0.4) is 0 Å². The van der Waals surface area contributed by atoms with E-state index in [1.807, 2.05) is 30.5 Å². The van der Waals surface area contributed by atoms with Gasteiger partial charge < -0.3 is 14.0 Å². The maximum Gasteiger partial charge on any atom is 0.316 e. The highest BCUT2D eigenvalue weighted by atomic mass is 79.9. The van der Waals surface area contributed by atoms with Crippen LogP contribution in [0.15, 0.2) is 40.1 Å². The van der Waals surface area contributed by atoms with Gasteiger partial charge in [-0.3, -0.25) is 4.79 Å². The van der Waals surface area contributed by atoms with Gasteiger partial charge in [-0.15, -0.1) is 0 Å². The fraction of sp³-hybridized carbons (Fsp3) is 0.375. The second kappa shape index (κ2) is 9.10. The van der Waals surface area contributed by atoms with Gasteiger partial charge in [-0.2, -0.15) is 0 Å². The van der Waals surface area contributed by atoms with Gasteiger partial charge in [0, 0.05) is 18.1 Å². The molecule has 1 aromatic heterocycles. The fourth-order valence-electron chi connectivity index (χ4n) is 2.05. The number of imidazole rings is 1. The molecule has 0 amide bonds. The molecular formula is C16H19BrN2O3S. The molecule has 0 aliphatic carbocycles. The minimum absolute atomic E-state index is 0.232. The molecule has 2 aromatic rings. The topological polar surface area (TPSA) is 53.3 Å². The lowest BCUT2D eigenvalue weighted by Gasteiger charge is -2.11. The van der Waals surface area contributed by atoms with Gasteiger partial charge in [0.05, 0.1) is 30.9 Å². The third kappa shape index (κ3) is 5.09. The van der Waals surface area contributed by atoms with Crippen LogP contribution in [-0.4, -0.2) is 41.6 Å². The molecule has 0 N–H and O–H groups in total. The van der Waals surface area contributed by atoms with Crippen LogP contribution in [0.1, 0.15) is 6.92 Å². The van der Waals surface area contributed by atoms with E-state index in [0.29, 0.717) is 19.8 Å². The Kier molecular flexibility index (Phi) is 7.14. The number of ether oxygens (including phenoxy) is 2. The molecule has 0 unspecified atom stereocenters. The Bertz CT molecular complexity index is 643. The van der Waals surface area contributed by atoms with Gasteiger partial charge in [0.1, 0.15) is 0 Å². The van der Waals surface area contributed by atoms with Crippen LogP contribution in [0.25, 0.3) is 11.3 Å². The molecule has 0 aliphatic heterocycles. The lowest BCUT2D eigenvalue weighted by Crippen LogP contribution is -2.10. The van der Waals surface area contributed by atoms with Gasteiger partial charge in [-0.05, 0) is 24.6 Å². The number of rotatable bonds is 8. The van der Waals surface area contributed by atoms with Crippen molar-refractivity contribution in [3.8, 4) is 11.3 Å². The van der Waals surface area contributed by atoms with Crippen molar-refractivity contribution in [2.24, 2.45) is 0 Å². The first-order valence-corrected chi connectivity index (χ1v) is 9.02. The summed E-state index contributed by atoms with van der Waals surface area (Å²) in [4.78, 5) is 16.0. The zero-order valence-corrected chi connectivity index (χ0v) is 15.5. The van der Waals surface area contributed by atoms with Gasteiger partial charge >= 0.3 is 5.97 Å². The molecule has 23 heavy (non-hydrogen) atoms. The molecule has 0 bridgehead atoms. The summed E-state index contributed by atoms with van der Waals surface area (Å²) in [5, 5.41) is 0.785. The molecule has 0 atom stereocenters. The first kappa shape index (κ1) is 18.0. The first-order valence-electron chi connectivity index (χ1n) is 7.24. The molecule has 1 aromatic carbocycles. The third-order valence-electron chi connectivity index (χ3n) is 3.10. The Morgan fingerprint density at radius 2 is 2.09 bits per heavy atom. The minimum Gasteiger partial charge on any atom is -0.465 e. The molecule has 0 aliphatic rings. The van der Waals surface area contributed by atoms with E-state index >= 15 is 0 Å². The van der Waals surface area contributed by atoms with Gasteiger partial charge in [0.25, 0.3) is 0 Å². The molecule has 124 valence electrons. The highest BCUT2D eigenvalue weighted by molar-refractivity contribution is 9.10. The summed E-state index contributed by atoms with van der Waals surface area (Å²) in [6, 6.07) is 8.05. The number of nitrogens with zero attached hydrogens (tertiary/aromatic N) is 2. The predicted octanol–water partition coefficient (Wildman–Crippen LogP) is 3.61. The summed E-state index contributed by atoms with van der Waals surface area (Å²) in [6.07, 6.45) is 1.83. The van der Waals surface area contributed by atoms with Crippen LogP contribution in [0.2, 0.25) is 0 Å². The number of carbonyl (C=O) groups is 1. The van der Waals surface area contributed by atoms with Crippen LogP contribution in [0.5, 0.6) is 0 Å². The van der Waals surface area contributed by atoms with E-state index in [4.69, 9.17) is 9.47 Å². The van der Waals surface area contributed by atoms with Crippen molar-refractivity contribution < 1.29 is 14.3 Å². The molecule has 0 radical (unpaired) electrons. The van der Waals surface area contributed by atoms with Crippen LogP contribution in [0, 0.1) is 0 Å². The standard InChI is InChI=1S/C16H19BrN2O3S/c1-3-22-15(20)11-23-16-18-10-14(19(16)8-9-21-2)12-4-6-13(17)7-5-12/h4-7,10H,3,8-9,11H2,1-2H3. The molecule has 7 heteroatoms. The Balaban J connectivity index is 2.21. The molecule has 2 rings (SSSR count). The summed E-state index contributed by atoms with van der Waals surface area (Å²) >= 11 is 4.82. The zero-order valence-electron chi connectivity index (χ0n) is 13.1. The van der Waals surface area contributed by atoms with E-state index in [0.717, 1.165) is 20.9 Å². The van der Waals surface area contributed by atoms with E-state index in [9.17, 15) is 4.79 Å². The Labute approximate surface area is 148 Å². The normalized spacial score (nSPS) is 10.7. The summed E-state index contributed by atoms with van der Waals surface area (Å²) in [5.41, 5.74) is 2.07. The number of benzene rings is 1. The Hall–Kier alpha value is -1.31. The molecule has 0 saturated carbocycles. The van der Waals surface area contributed by atoms with E-state index in [1.54, 1.807) is 14.0 Å². The number of esters is 1. The van der Waals surface area contributed by atoms with Crippen molar-refractivity contribution in [1.29, 1.82) is 0 Å². The SMILES string of the molecule is CCOC(=O)CSc1ncc(-c2ccc(Br)cc2)n1CCOC. The maximum absolute atomic E-state index is 11.5. The molecular weight excluding hydrogens is 380 g/mol. The monoisotopic (exact) mass is 398 g/mol. The van der Waals surface area contributed by atoms with Crippen molar-refractivity contribution in [2.75, 3.05) is 26.1 Å². The van der Waals surface area contributed by atoms with Gasteiger partial charge in [0.15, 0.2) is 5.16 Å².